The first-order valence-corrected chi connectivity index (χ1v) is 8.18. The minimum Gasteiger partial charge on any atom is -0.344 e. The third kappa shape index (κ3) is 3.00. The predicted molar refractivity (Wildman–Crippen MR) is 86.1 cm³/mol. The van der Waals surface area contributed by atoms with Crippen LogP contribution in [0.15, 0.2) is 18.2 Å². The van der Waals surface area contributed by atoms with Crippen LogP contribution >= 0.6 is 0 Å². The minimum absolute atomic E-state index is 0.0152. The number of nitrogens with zero attached hydrogens (tertiary/aromatic N) is 1. The van der Waals surface area contributed by atoms with Gasteiger partial charge in [-0.05, 0) is 44.7 Å². The fourth-order valence-electron chi connectivity index (χ4n) is 3.48. The number of ketones is 1. The average Bonchev–Trinajstić information content (AvgIpc) is 3.17. The zero-order valence-corrected chi connectivity index (χ0v) is 13.6. The largest absolute Gasteiger partial charge is 0.344 e. The Balaban J connectivity index is 1.81. The van der Waals surface area contributed by atoms with E-state index in [1.807, 2.05) is 32.0 Å². The zero-order chi connectivity index (χ0) is 16.6. The average molecular weight is 314 g/mol. The SMILES string of the molecule is Cc1ccc(C)c(C(=O)C2CCCN2C(=O)C2CCC(=O)N2)c1. The number of hydrogen-bond acceptors (Lipinski definition) is 3. The second-order valence-corrected chi connectivity index (χ2v) is 6.53. The van der Waals surface area contributed by atoms with E-state index in [0.29, 0.717) is 31.4 Å². The van der Waals surface area contributed by atoms with Gasteiger partial charge in [-0.2, -0.15) is 0 Å². The first-order chi connectivity index (χ1) is 11.0. The number of carbonyl (C=O) groups is 3. The second-order valence-electron chi connectivity index (χ2n) is 6.53. The van der Waals surface area contributed by atoms with Crippen molar-refractivity contribution in [2.45, 2.75) is 51.6 Å². The molecule has 5 nitrogen and oxygen atoms in total. The van der Waals surface area contributed by atoms with Gasteiger partial charge >= 0.3 is 0 Å². The van der Waals surface area contributed by atoms with E-state index in [-0.39, 0.29) is 17.6 Å². The van der Waals surface area contributed by atoms with Crippen LogP contribution in [0.2, 0.25) is 0 Å². The van der Waals surface area contributed by atoms with Crippen LogP contribution in [-0.4, -0.2) is 41.1 Å². The topological polar surface area (TPSA) is 66.5 Å². The predicted octanol–water partition coefficient (Wildman–Crippen LogP) is 1.76. The number of hydrogen-bond donors (Lipinski definition) is 1. The Morgan fingerprint density at radius 3 is 2.70 bits per heavy atom. The molecule has 1 aromatic rings. The summed E-state index contributed by atoms with van der Waals surface area (Å²) in [6.07, 6.45) is 2.44. The van der Waals surface area contributed by atoms with Gasteiger partial charge in [0.25, 0.3) is 0 Å². The monoisotopic (exact) mass is 314 g/mol. The summed E-state index contributed by atoms with van der Waals surface area (Å²) in [7, 11) is 0. The summed E-state index contributed by atoms with van der Waals surface area (Å²) >= 11 is 0. The maximum absolute atomic E-state index is 12.9. The molecule has 2 aliphatic rings. The molecule has 122 valence electrons. The lowest BCUT2D eigenvalue weighted by molar-refractivity contribution is -0.134. The van der Waals surface area contributed by atoms with Crippen LogP contribution < -0.4 is 5.32 Å². The van der Waals surface area contributed by atoms with E-state index < -0.39 is 12.1 Å². The van der Waals surface area contributed by atoms with Crippen LogP contribution in [0.1, 0.15) is 47.2 Å². The van der Waals surface area contributed by atoms with E-state index in [1.165, 1.54) is 0 Å². The minimum atomic E-state index is -0.463. The quantitative estimate of drug-likeness (QED) is 0.865. The number of carbonyl (C=O) groups excluding carboxylic acids is 3. The standard InChI is InChI=1S/C18H22N2O3/c1-11-5-6-12(2)13(10-11)17(22)15-4-3-9-20(15)18(23)14-7-8-16(21)19-14/h5-6,10,14-15H,3-4,7-9H2,1-2H3,(H,19,21). The van der Waals surface area contributed by atoms with E-state index in [9.17, 15) is 14.4 Å². The van der Waals surface area contributed by atoms with Crippen LogP contribution in [0.5, 0.6) is 0 Å². The Bertz CT molecular complexity index is 668. The highest BCUT2D eigenvalue weighted by atomic mass is 16.2. The Morgan fingerprint density at radius 1 is 1.22 bits per heavy atom. The maximum atomic E-state index is 12.9. The molecule has 2 unspecified atom stereocenters. The molecule has 0 radical (unpaired) electrons. The first-order valence-electron chi connectivity index (χ1n) is 8.18. The number of aryl methyl sites for hydroxylation is 2. The number of likely N-dealkylation sites (tertiary alicyclic amines) is 1. The highest BCUT2D eigenvalue weighted by Gasteiger charge is 2.39. The number of Topliss-reactive ketones (excluding diaryl/α,β-unsaturated/α-hetero) is 1. The van der Waals surface area contributed by atoms with Gasteiger partial charge in [0.1, 0.15) is 6.04 Å². The molecule has 0 aromatic heterocycles. The molecule has 1 aromatic carbocycles. The van der Waals surface area contributed by atoms with Gasteiger partial charge in [-0.3, -0.25) is 14.4 Å². The van der Waals surface area contributed by atoms with Crippen molar-refractivity contribution >= 4 is 17.6 Å². The van der Waals surface area contributed by atoms with Gasteiger partial charge < -0.3 is 10.2 Å². The summed E-state index contributed by atoms with van der Waals surface area (Å²) in [5, 5.41) is 2.71. The van der Waals surface area contributed by atoms with Crippen LogP contribution in [-0.2, 0) is 9.59 Å². The molecule has 0 spiro atoms. The molecule has 23 heavy (non-hydrogen) atoms. The van der Waals surface area contributed by atoms with Crippen molar-refractivity contribution in [2.24, 2.45) is 0 Å². The van der Waals surface area contributed by atoms with Crippen LogP contribution in [0.3, 0.4) is 0 Å². The maximum Gasteiger partial charge on any atom is 0.245 e. The highest BCUT2D eigenvalue weighted by molar-refractivity contribution is 6.04. The Hall–Kier alpha value is -2.17. The summed E-state index contributed by atoms with van der Waals surface area (Å²) in [4.78, 5) is 38.6. The molecule has 0 bridgehead atoms. The summed E-state index contributed by atoms with van der Waals surface area (Å²) in [6, 6.07) is 4.96. The molecule has 3 rings (SSSR count). The van der Waals surface area contributed by atoms with Crippen LogP contribution in [0.4, 0.5) is 0 Å². The van der Waals surface area contributed by atoms with Crippen molar-refractivity contribution in [1.29, 1.82) is 0 Å². The van der Waals surface area contributed by atoms with E-state index >= 15 is 0 Å². The van der Waals surface area contributed by atoms with Crippen molar-refractivity contribution in [3.05, 3.63) is 34.9 Å². The van der Waals surface area contributed by atoms with E-state index in [4.69, 9.17) is 0 Å². The smallest absolute Gasteiger partial charge is 0.245 e. The van der Waals surface area contributed by atoms with Gasteiger partial charge in [-0.15, -0.1) is 0 Å². The molecule has 0 saturated carbocycles. The van der Waals surface area contributed by atoms with E-state index in [2.05, 4.69) is 5.32 Å². The molecule has 2 amide bonds. The van der Waals surface area contributed by atoms with Gasteiger partial charge in [-0.1, -0.05) is 17.7 Å². The number of nitrogens with one attached hydrogen (secondary N) is 1. The summed E-state index contributed by atoms with van der Waals surface area (Å²) in [5.41, 5.74) is 2.68. The highest BCUT2D eigenvalue weighted by Crippen LogP contribution is 2.25. The number of amides is 2. The van der Waals surface area contributed by atoms with Gasteiger partial charge in [0.15, 0.2) is 5.78 Å². The molecule has 0 aliphatic carbocycles. The van der Waals surface area contributed by atoms with Crippen molar-refractivity contribution < 1.29 is 14.4 Å². The fourth-order valence-corrected chi connectivity index (χ4v) is 3.48. The van der Waals surface area contributed by atoms with Crippen molar-refractivity contribution in [3.63, 3.8) is 0 Å². The summed E-state index contributed by atoms with van der Waals surface area (Å²) in [5.74, 6) is -0.182. The van der Waals surface area contributed by atoms with E-state index in [1.54, 1.807) is 4.90 Å². The molecule has 2 fully saturated rings. The number of benzene rings is 1. The lowest BCUT2D eigenvalue weighted by Crippen LogP contribution is -2.48. The zero-order valence-electron chi connectivity index (χ0n) is 13.6. The van der Waals surface area contributed by atoms with Gasteiger partial charge in [-0.25, -0.2) is 0 Å². The molecule has 2 saturated heterocycles. The molecule has 5 heteroatoms. The molecular formula is C18H22N2O3. The van der Waals surface area contributed by atoms with Crippen LogP contribution in [0.25, 0.3) is 0 Å². The molecule has 2 aliphatic heterocycles. The molecule has 2 atom stereocenters. The van der Waals surface area contributed by atoms with E-state index in [0.717, 1.165) is 17.5 Å². The number of rotatable bonds is 3. The molecular weight excluding hydrogens is 292 g/mol. The summed E-state index contributed by atoms with van der Waals surface area (Å²) < 4.78 is 0. The lowest BCUT2D eigenvalue weighted by Gasteiger charge is -2.27. The third-order valence-electron chi connectivity index (χ3n) is 4.79. The summed E-state index contributed by atoms with van der Waals surface area (Å²) in [6.45, 7) is 4.47. The third-order valence-corrected chi connectivity index (χ3v) is 4.79. The van der Waals surface area contributed by atoms with Crippen LogP contribution in [0, 0.1) is 13.8 Å². The Labute approximate surface area is 136 Å². The lowest BCUT2D eigenvalue weighted by atomic mass is 9.96. The Morgan fingerprint density at radius 2 is 2.00 bits per heavy atom. The molecule has 1 N–H and O–H groups in total. The van der Waals surface area contributed by atoms with Gasteiger partial charge in [0, 0.05) is 18.5 Å². The van der Waals surface area contributed by atoms with Gasteiger partial charge in [0.2, 0.25) is 11.8 Å². The van der Waals surface area contributed by atoms with Crippen molar-refractivity contribution in [3.8, 4) is 0 Å². The Kier molecular flexibility index (Phi) is 4.20. The first kappa shape index (κ1) is 15.7. The molecule has 2 heterocycles. The van der Waals surface area contributed by atoms with Crippen molar-refractivity contribution in [2.75, 3.05) is 6.54 Å². The van der Waals surface area contributed by atoms with Crippen molar-refractivity contribution in [1.82, 2.24) is 10.2 Å². The normalized spacial score (nSPS) is 23.9. The fraction of sp³-hybridized carbons (Fsp3) is 0.500. The van der Waals surface area contributed by atoms with Gasteiger partial charge in [0.05, 0.1) is 6.04 Å². The second kappa shape index (κ2) is 6.14.